The van der Waals surface area contributed by atoms with Crippen molar-refractivity contribution in [3.63, 3.8) is 0 Å². The molecule has 0 radical (unpaired) electrons. The molecule has 10 heteroatoms. The normalized spacial score (nSPS) is 22.4. The van der Waals surface area contributed by atoms with E-state index in [1.165, 1.54) is 7.11 Å². The fourth-order valence-electron chi connectivity index (χ4n) is 4.84. The number of carbonyl (C=O) groups is 2. The lowest BCUT2D eigenvalue weighted by Gasteiger charge is -2.41. The van der Waals surface area contributed by atoms with Gasteiger partial charge in [0.2, 0.25) is 11.8 Å². The second-order valence-corrected chi connectivity index (χ2v) is 9.25. The van der Waals surface area contributed by atoms with Crippen molar-refractivity contribution >= 4 is 11.8 Å². The summed E-state index contributed by atoms with van der Waals surface area (Å²) in [7, 11) is 1.48. The van der Waals surface area contributed by atoms with E-state index in [-0.39, 0.29) is 31.6 Å². The number of carbonyl (C=O) groups excluding carboxylic acids is 2. The Kier molecular flexibility index (Phi) is 9.72. The van der Waals surface area contributed by atoms with Crippen LogP contribution in [0.1, 0.15) is 44.2 Å². The minimum Gasteiger partial charge on any atom is -0.493 e. The van der Waals surface area contributed by atoms with Gasteiger partial charge in [-0.05, 0) is 37.1 Å². The summed E-state index contributed by atoms with van der Waals surface area (Å²) in [6, 6.07) is 2.58. The average molecular weight is 507 g/mol. The fraction of sp³-hybridized carbons (Fsp3) is 0.615. The molecule has 1 aliphatic carbocycles. The summed E-state index contributed by atoms with van der Waals surface area (Å²) in [5.74, 6) is -0.774. The number of nitrogens with one attached hydrogen (secondary N) is 1. The molecule has 1 aromatic carbocycles. The largest absolute Gasteiger partial charge is 0.493 e. The number of rotatable bonds is 12. The molecule has 0 aromatic heterocycles. The molecule has 0 fully saturated rings. The van der Waals surface area contributed by atoms with Crippen LogP contribution in [0.15, 0.2) is 23.8 Å². The molecule has 4 atom stereocenters. The monoisotopic (exact) mass is 506 g/mol. The molecule has 0 bridgehead atoms. The van der Waals surface area contributed by atoms with Crippen LogP contribution in [0.25, 0.3) is 0 Å². The maximum atomic E-state index is 13.3. The van der Waals surface area contributed by atoms with Crippen molar-refractivity contribution in [1.82, 2.24) is 10.2 Å². The van der Waals surface area contributed by atoms with Gasteiger partial charge in [-0.25, -0.2) is 0 Å². The smallest absolute Gasteiger partial charge is 0.247 e. The van der Waals surface area contributed by atoms with Crippen LogP contribution < -0.4 is 14.8 Å². The van der Waals surface area contributed by atoms with Crippen molar-refractivity contribution in [2.45, 2.75) is 58.0 Å². The van der Waals surface area contributed by atoms with Gasteiger partial charge in [-0.15, -0.1) is 0 Å². The van der Waals surface area contributed by atoms with Crippen LogP contribution in [-0.4, -0.2) is 90.3 Å². The Balaban J connectivity index is 2.08. The van der Waals surface area contributed by atoms with Crippen LogP contribution in [0, 0.1) is 5.92 Å². The lowest BCUT2D eigenvalue weighted by Crippen LogP contribution is -2.56. The van der Waals surface area contributed by atoms with Gasteiger partial charge in [0, 0.05) is 43.4 Å². The number of amides is 2. The van der Waals surface area contributed by atoms with Gasteiger partial charge in [-0.1, -0.05) is 13.8 Å². The van der Waals surface area contributed by atoms with Crippen molar-refractivity contribution < 1.29 is 39.1 Å². The van der Waals surface area contributed by atoms with Crippen LogP contribution in [0.5, 0.6) is 11.5 Å². The van der Waals surface area contributed by atoms with E-state index in [4.69, 9.17) is 14.2 Å². The summed E-state index contributed by atoms with van der Waals surface area (Å²) in [5.41, 5.74) is 1.52. The third-order valence-electron chi connectivity index (χ3n) is 6.52. The van der Waals surface area contributed by atoms with E-state index in [1.807, 2.05) is 6.92 Å². The van der Waals surface area contributed by atoms with Crippen molar-refractivity contribution in [2.75, 3.05) is 40.0 Å². The molecule has 0 unspecified atom stereocenters. The van der Waals surface area contributed by atoms with Crippen molar-refractivity contribution in [3.8, 4) is 11.5 Å². The Bertz CT molecular complexity index is 964. The highest BCUT2D eigenvalue weighted by Crippen LogP contribution is 2.51. The predicted octanol–water partition coefficient (Wildman–Crippen LogP) is 0.721. The van der Waals surface area contributed by atoms with Crippen LogP contribution in [0.2, 0.25) is 0 Å². The quantitative estimate of drug-likeness (QED) is 0.304. The molecule has 4 N–H and O–H groups in total. The summed E-state index contributed by atoms with van der Waals surface area (Å²) in [6.07, 6.45) is 0.213. The molecule has 36 heavy (non-hydrogen) atoms. The molecule has 0 spiro atoms. The first kappa shape index (κ1) is 27.9. The molecule has 1 heterocycles. The van der Waals surface area contributed by atoms with Gasteiger partial charge in [-0.3, -0.25) is 9.59 Å². The SMILES string of the molecule is CCOCCCN(C(=O)C(C)C)[C@@H]1C=C(C(=O)NCCO)[C@@H]2c3cc(CO)cc(OC)c3O[C@@H]2[C@H]1O. The molecular formula is C26H38N2O8. The first-order chi connectivity index (χ1) is 17.3. The number of aliphatic hydroxyl groups excluding tert-OH is 3. The first-order valence-electron chi connectivity index (χ1n) is 12.4. The number of hydrogen-bond acceptors (Lipinski definition) is 8. The van der Waals surface area contributed by atoms with Gasteiger partial charge >= 0.3 is 0 Å². The number of aliphatic hydroxyl groups is 3. The third kappa shape index (κ3) is 5.67. The molecule has 10 nitrogen and oxygen atoms in total. The van der Waals surface area contributed by atoms with Crippen LogP contribution >= 0.6 is 0 Å². The van der Waals surface area contributed by atoms with E-state index in [9.17, 15) is 24.9 Å². The van der Waals surface area contributed by atoms with E-state index in [0.717, 1.165) is 0 Å². The summed E-state index contributed by atoms with van der Waals surface area (Å²) in [4.78, 5) is 28.1. The topological polar surface area (TPSA) is 138 Å². The highest BCUT2D eigenvalue weighted by atomic mass is 16.5. The van der Waals surface area contributed by atoms with Gasteiger partial charge in [0.25, 0.3) is 0 Å². The van der Waals surface area contributed by atoms with Gasteiger partial charge in [0.15, 0.2) is 11.5 Å². The zero-order valence-corrected chi connectivity index (χ0v) is 21.4. The molecule has 0 saturated carbocycles. The average Bonchev–Trinajstić information content (AvgIpc) is 3.27. The maximum Gasteiger partial charge on any atom is 0.247 e. The van der Waals surface area contributed by atoms with Gasteiger partial charge in [0.1, 0.15) is 12.2 Å². The van der Waals surface area contributed by atoms with Crippen molar-refractivity contribution in [3.05, 3.63) is 34.9 Å². The Morgan fingerprint density at radius 2 is 2.00 bits per heavy atom. The standard InChI is InChI=1S/C26H38N2O8/c1-5-35-10-6-8-28(26(33)15(2)3)19-13-18(25(32)27-7-9-29)21-17-11-16(14-30)12-20(34-4)23(17)36-24(21)22(19)31/h11-13,15,19,21-22,24,29-31H,5-10,14H2,1-4H3,(H,27,32)/t19-,21+,22+,24+/m1/s1. The highest BCUT2D eigenvalue weighted by molar-refractivity contribution is 5.96. The molecule has 1 aromatic rings. The van der Waals surface area contributed by atoms with Gasteiger partial charge in [-0.2, -0.15) is 0 Å². The van der Waals surface area contributed by atoms with Crippen molar-refractivity contribution in [1.29, 1.82) is 0 Å². The van der Waals surface area contributed by atoms with E-state index in [1.54, 1.807) is 37.0 Å². The molecule has 2 aliphatic rings. The number of nitrogens with zero attached hydrogens (tertiary/aromatic N) is 1. The van der Waals surface area contributed by atoms with Crippen LogP contribution in [0.4, 0.5) is 0 Å². The lowest BCUT2D eigenvalue weighted by atomic mass is 9.77. The minimum atomic E-state index is -1.13. The molecule has 0 saturated heterocycles. The lowest BCUT2D eigenvalue weighted by molar-refractivity contribution is -0.140. The van der Waals surface area contributed by atoms with Crippen molar-refractivity contribution in [2.24, 2.45) is 5.92 Å². The third-order valence-corrected chi connectivity index (χ3v) is 6.52. The number of hydrogen-bond donors (Lipinski definition) is 4. The Morgan fingerprint density at radius 1 is 1.25 bits per heavy atom. The summed E-state index contributed by atoms with van der Waals surface area (Å²) >= 11 is 0. The Labute approximate surface area is 211 Å². The Morgan fingerprint density at radius 3 is 2.61 bits per heavy atom. The number of fused-ring (bicyclic) bond motifs is 3. The number of benzene rings is 1. The minimum absolute atomic E-state index is 0.0531. The van der Waals surface area contributed by atoms with E-state index < -0.39 is 30.1 Å². The van der Waals surface area contributed by atoms with E-state index >= 15 is 0 Å². The first-order valence-corrected chi connectivity index (χ1v) is 12.4. The van der Waals surface area contributed by atoms with Crippen LogP contribution in [-0.2, 0) is 20.9 Å². The summed E-state index contributed by atoms with van der Waals surface area (Å²) in [5, 5.41) is 33.2. The molecular weight excluding hydrogens is 468 g/mol. The van der Waals surface area contributed by atoms with Crippen LogP contribution in [0.3, 0.4) is 0 Å². The van der Waals surface area contributed by atoms with E-state index in [2.05, 4.69) is 5.32 Å². The molecule has 200 valence electrons. The molecule has 3 rings (SSSR count). The predicted molar refractivity (Wildman–Crippen MR) is 132 cm³/mol. The Hall–Kier alpha value is -2.66. The second-order valence-electron chi connectivity index (χ2n) is 9.25. The fourth-order valence-corrected chi connectivity index (χ4v) is 4.84. The second kappa shape index (κ2) is 12.5. The van der Waals surface area contributed by atoms with Gasteiger partial charge < -0.3 is 39.7 Å². The zero-order valence-electron chi connectivity index (χ0n) is 21.4. The number of ether oxygens (including phenoxy) is 3. The van der Waals surface area contributed by atoms with Gasteiger partial charge in [0.05, 0.1) is 32.3 Å². The molecule has 1 aliphatic heterocycles. The summed E-state index contributed by atoms with van der Waals surface area (Å²) in [6.45, 7) is 6.42. The summed E-state index contributed by atoms with van der Waals surface area (Å²) < 4.78 is 17.1. The molecule has 2 amide bonds. The zero-order chi connectivity index (χ0) is 26.4. The maximum absolute atomic E-state index is 13.3. The highest BCUT2D eigenvalue weighted by Gasteiger charge is 2.51. The number of methoxy groups -OCH3 is 1. The van der Waals surface area contributed by atoms with E-state index in [0.29, 0.717) is 54.4 Å².